The molecule has 4 aromatic rings. The summed E-state index contributed by atoms with van der Waals surface area (Å²) < 4.78 is 13.7. The highest BCUT2D eigenvalue weighted by Crippen LogP contribution is 2.26. The number of benzene rings is 1. The second kappa shape index (κ2) is 8.12. The molecule has 1 aromatic carbocycles. The molecule has 10 nitrogen and oxygen atoms in total. The minimum atomic E-state index is -0.475. The quantitative estimate of drug-likeness (QED) is 0.460. The molecule has 0 radical (unpaired) electrons. The Balaban J connectivity index is 1.22. The van der Waals surface area contributed by atoms with E-state index in [1.54, 1.807) is 12.1 Å². The number of aromatic nitrogens is 4. The zero-order valence-corrected chi connectivity index (χ0v) is 18.3. The van der Waals surface area contributed by atoms with Gasteiger partial charge in [0, 0.05) is 14.1 Å². The Morgan fingerprint density at radius 1 is 1.15 bits per heavy atom. The van der Waals surface area contributed by atoms with Crippen LogP contribution >= 0.6 is 0 Å². The molecule has 2 N–H and O–H groups in total. The number of H-pyrrole nitrogens is 1. The van der Waals surface area contributed by atoms with E-state index in [0.29, 0.717) is 11.6 Å². The number of amides is 1. The molecule has 3 heterocycles. The first-order chi connectivity index (χ1) is 15.9. The van der Waals surface area contributed by atoms with Crippen LogP contribution in [0, 0.1) is 0 Å². The highest BCUT2D eigenvalue weighted by molar-refractivity contribution is 5.91. The van der Waals surface area contributed by atoms with Crippen molar-refractivity contribution in [2.45, 2.75) is 32.4 Å². The number of carbonyl (C=O) groups excluding carboxylic acids is 1. The van der Waals surface area contributed by atoms with Gasteiger partial charge in [-0.3, -0.25) is 18.7 Å². The third kappa shape index (κ3) is 3.84. The number of aryl methyl sites for hydroxylation is 3. The molecule has 0 saturated carbocycles. The van der Waals surface area contributed by atoms with Crippen LogP contribution in [0.4, 0.5) is 0 Å². The third-order valence-electron chi connectivity index (χ3n) is 5.90. The van der Waals surface area contributed by atoms with Gasteiger partial charge in [-0.25, -0.2) is 9.78 Å². The Hall–Kier alpha value is -4.08. The van der Waals surface area contributed by atoms with Gasteiger partial charge in [-0.1, -0.05) is 6.07 Å². The number of ether oxygens (including phenoxy) is 1. The van der Waals surface area contributed by atoms with Gasteiger partial charge in [0.15, 0.2) is 11.4 Å². The van der Waals surface area contributed by atoms with Crippen molar-refractivity contribution in [1.82, 2.24) is 24.4 Å². The molecule has 1 amide bonds. The number of rotatable bonds is 6. The smallest absolute Gasteiger partial charge is 0.332 e. The topological polar surface area (TPSA) is 124 Å². The van der Waals surface area contributed by atoms with E-state index in [-0.39, 0.29) is 30.1 Å². The Bertz CT molecular complexity index is 1490. The summed E-state index contributed by atoms with van der Waals surface area (Å²) in [6.45, 7) is 0.249. The van der Waals surface area contributed by atoms with Crippen LogP contribution in [0.3, 0.4) is 0 Å². The largest absolute Gasteiger partial charge is 0.486 e. The van der Waals surface area contributed by atoms with Crippen LogP contribution in [0.2, 0.25) is 0 Å². The van der Waals surface area contributed by atoms with E-state index >= 15 is 0 Å². The zero-order chi connectivity index (χ0) is 23.1. The van der Waals surface area contributed by atoms with E-state index in [1.165, 1.54) is 36.2 Å². The molecular formula is C23H23N5O5. The van der Waals surface area contributed by atoms with Crippen molar-refractivity contribution < 1.29 is 13.9 Å². The van der Waals surface area contributed by atoms with Crippen LogP contribution in [0.15, 0.2) is 44.3 Å². The fraction of sp³-hybridized carbons (Fsp3) is 0.304. The number of carbonyl (C=O) groups is 1. The van der Waals surface area contributed by atoms with Crippen molar-refractivity contribution >= 4 is 17.1 Å². The lowest BCUT2D eigenvalue weighted by molar-refractivity contribution is 0.0918. The van der Waals surface area contributed by atoms with E-state index in [9.17, 15) is 14.4 Å². The van der Waals surface area contributed by atoms with Gasteiger partial charge in [-0.15, -0.1) is 0 Å². The fourth-order valence-electron chi connectivity index (χ4n) is 4.08. The summed E-state index contributed by atoms with van der Waals surface area (Å²) in [5.41, 5.74) is 2.20. The van der Waals surface area contributed by atoms with Gasteiger partial charge >= 0.3 is 5.69 Å². The normalized spacial score (nSPS) is 12.8. The number of nitrogens with zero attached hydrogens (tertiary/aromatic N) is 3. The molecule has 0 aliphatic heterocycles. The minimum Gasteiger partial charge on any atom is -0.486 e. The first kappa shape index (κ1) is 20.8. The van der Waals surface area contributed by atoms with E-state index in [2.05, 4.69) is 27.4 Å². The molecule has 1 aliphatic rings. The number of hydrogen-bond acceptors (Lipinski definition) is 6. The molecule has 170 valence electrons. The summed E-state index contributed by atoms with van der Waals surface area (Å²) in [6.07, 6.45) is 3.38. The summed E-state index contributed by atoms with van der Waals surface area (Å²) in [7, 11) is 2.93. The first-order valence-electron chi connectivity index (χ1n) is 10.7. The molecule has 0 fully saturated rings. The van der Waals surface area contributed by atoms with Crippen LogP contribution < -0.4 is 21.3 Å². The maximum atomic E-state index is 12.5. The zero-order valence-electron chi connectivity index (χ0n) is 18.3. The SMILES string of the molecule is Cn1c(=O)c2[nH]c(CNC(=O)c3ccc(COc4ccc5c(c4)CCC5)o3)nc2n(C)c1=O. The Labute approximate surface area is 187 Å². The Kier molecular flexibility index (Phi) is 5.12. The lowest BCUT2D eigenvalue weighted by atomic mass is 10.1. The molecule has 3 aromatic heterocycles. The first-order valence-corrected chi connectivity index (χ1v) is 10.7. The summed E-state index contributed by atoms with van der Waals surface area (Å²) in [5.74, 6) is 1.37. The van der Waals surface area contributed by atoms with E-state index in [1.807, 2.05) is 6.07 Å². The van der Waals surface area contributed by atoms with Crippen LogP contribution in [0.1, 0.15) is 39.7 Å². The van der Waals surface area contributed by atoms with Crippen molar-refractivity contribution in [3.8, 4) is 5.75 Å². The van der Waals surface area contributed by atoms with Gasteiger partial charge in [0.1, 0.15) is 29.5 Å². The van der Waals surface area contributed by atoms with Gasteiger partial charge < -0.3 is 19.5 Å². The lowest BCUT2D eigenvalue weighted by Gasteiger charge is -2.06. The van der Waals surface area contributed by atoms with Crippen molar-refractivity contribution in [3.63, 3.8) is 0 Å². The van der Waals surface area contributed by atoms with Crippen molar-refractivity contribution in [2.24, 2.45) is 14.1 Å². The van der Waals surface area contributed by atoms with Crippen molar-refractivity contribution in [1.29, 1.82) is 0 Å². The molecule has 0 atom stereocenters. The number of hydrogen-bond donors (Lipinski definition) is 2. The fourth-order valence-corrected chi connectivity index (χ4v) is 4.08. The van der Waals surface area contributed by atoms with Crippen LogP contribution in [0.25, 0.3) is 11.2 Å². The van der Waals surface area contributed by atoms with Gasteiger partial charge in [0.2, 0.25) is 0 Å². The molecule has 0 saturated heterocycles. The highest BCUT2D eigenvalue weighted by atomic mass is 16.5. The third-order valence-corrected chi connectivity index (χ3v) is 5.90. The Morgan fingerprint density at radius 3 is 2.82 bits per heavy atom. The average Bonchev–Trinajstić information content (AvgIpc) is 3.57. The number of fused-ring (bicyclic) bond motifs is 2. The van der Waals surface area contributed by atoms with Crippen LogP contribution in [-0.2, 0) is 40.1 Å². The average molecular weight is 449 g/mol. The van der Waals surface area contributed by atoms with E-state index < -0.39 is 17.2 Å². The Morgan fingerprint density at radius 2 is 1.97 bits per heavy atom. The molecule has 33 heavy (non-hydrogen) atoms. The molecular weight excluding hydrogens is 426 g/mol. The molecule has 0 bridgehead atoms. The summed E-state index contributed by atoms with van der Waals surface area (Å²) >= 11 is 0. The monoisotopic (exact) mass is 449 g/mol. The predicted octanol–water partition coefficient (Wildman–Crippen LogP) is 1.55. The maximum Gasteiger partial charge on any atom is 0.332 e. The summed E-state index contributed by atoms with van der Waals surface area (Å²) in [4.78, 5) is 43.9. The molecule has 0 spiro atoms. The van der Waals surface area contributed by atoms with Crippen molar-refractivity contribution in [2.75, 3.05) is 0 Å². The van der Waals surface area contributed by atoms with Crippen LogP contribution in [0.5, 0.6) is 5.75 Å². The second-order valence-electron chi connectivity index (χ2n) is 8.11. The van der Waals surface area contributed by atoms with Gasteiger partial charge in [-0.05, 0) is 54.7 Å². The minimum absolute atomic E-state index is 0.0342. The number of nitrogens with one attached hydrogen (secondary N) is 2. The molecule has 5 rings (SSSR count). The second-order valence-corrected chi connectivity index (χ2v) is 8.11. The van der Waals surface area contributed by atoms with Gasteiger partial charge in [0.05, 0.1) is 6.54 Å². The maximum absolute atomic E-state index is 12.5. The molecule has 0 unspecified atom stereocenters. The number of furan rings is 1. The summed E-state index contributed by atoms with van der Waals surface area (Å²) in [5, 5.41) is 2.70. The van der Waals surface area contributed by atoms with Gasteiger partial charge in [0.25, 0.3) is 11.5 Å². The lowest BCUT2D eigenvalue weighted by Crippen LogP contribution is -2.36. The van der Waals surface area contributed by atoms with Crippen LogP contribution in [-0.4, -0.2) is 25.0 Å². The number of aromatic amines is 1. The number of imidazole rings is 1. The standard InChI is InChI=1S/C23H23N5O5/c1-27-20-19(22(30)28(2)23(27)31)25-18(26-20)11-24-21(29)17-9-8-16(33-17)12-32-15-7-6-13-4-3-5-14(13)10-15/h6-10H,3-5,11-12H2,1-2H3,(H,24,29)(H,25,26). The van der Waals surface area contributed by atoms with Crippen molar-refractivity contribution in [3.05, 3.63) is 79.6 Å². The summed E-state index contributed by atoms with van der Waals surface area (Å²) in [6, 6.07) is 9.40. The van der Waals surface area contributed by atoms with Gasteiger partial charge in [-0.2, -0.15) is 0 Å². The van der Waals surface area contributed by atoms with E-state index in [4.69, 9.17) is 9.15 Å². The molecule has 1 aliphatic carbocycles. The predicted molar refractivity (Wildman–Crippen MR) is 119 cm³/mol. The molecule has 10 heteroatoms. The van der Waals surface area contributed by atoms with E-state index in [0.717, 1.165) is 23.2 Å². The highest BCUT2D eigenvalue weighted by Gasteiger charge is 2.16.